The van der Waals surface area contributed by atoms with Gasteiger partial charge in [0.25, 0.3) is 0 Å². The molecular formula is C22H36O7Si. The second kappa shape index (κ2) is 9.78. The van der Waals surface area contributed by atoms with Gasteiger partial charge in [0, 0.05) is 6.92 Å². The molecule has 0 unspecified atom stereocenters. The third-order valence-electron chi connectivity index (χ3n) is 5.89. The Balaban J connectivity index is 2.28. The van der Waals surface area contributed by atoms with E-state index in [2.05, 4.69) is 33.9 Å². The van der Waals surface area contributed by atoms with Crippen molar-refractivity contribution in [2.75, 3.05) is 7.11 Å². The number of hydrogen-bond acceptors (Lipinski definition) is 7. The van der Waals surface area contributed by atoms with Crippen LogP contribution in [0.1, 0.15) is 40.2 Å². The lowest BCUT2D eigenvalue weighted by Crippen LogP contribution is -2.62. The highest BCUT2D eigenvalue weighted by Crippen LogP contribution is 2.40. The summed E-state index contributed by atoms with van der Waals surface area (Å²) < 4.78 is 29.1. The minimum Gasteiger partial charge on any atom is -0.497 e. The number of ether oxygens (including phenoxy) is 4. The Hall–Kier alpha value is -1.45. The number of rotatable bonds is 7. The normalized spacial score (nSPS) is 27.6. The first-order valence-electron chi connectivity index (χ1n) is 10.3. The van der Waals surface area contributed by atoms with Crippen LogP contribution in [-0.2, 0) is 30.0 Å². The van der Waals surface area contributed by atoms with Gasteiger partial charge in [-0.1, -0.05) is 32.9 Å². The molecule has 7 nitrogen and oxygen atoms in total. The molecule has 0 aromatic heterocycles. The molecule has 0 radical (unpaired) electrons. The topological polar surface area (TPSA) is 83.5 Å². The Morgan fingerprint density at radius 3 is 2.23 bits per heavy atom. The van der Waals surface area contributed by atoms with E-state index >= 15 is 0 Å². The summed E-state index contributed by atoms with van der Waals surface area (Å²) in [5.41, 5.74) is 0.928. The molecule has 1 aliphatic rings. The average molecular weight is 441 g/mol. The van der Waals surface area contributed by atoms with Gasteiger partial charge < -0.3 is 28.5 Å². The van der Waals surface area contributed by atoms with E-state index in [1.54, 1.807) is 7.11 Å². The zero-order valence-electron chi connectivity index (χ0n) is 19.3. The van der Waals surface area contributed by atoms with Crippen molar-refractivity contribution in [2.45, 2.75) is 90.1 Å². The molecule has 5 atom stereocenters. The fourth-order valence-corrected chi connectivity index (χ4v) is 4.45. The molecule has 0 bridgehead atoms. The SMILES string of the molecule is COc1ccc(CO[C@@H]2[C@@H](O[Si](C)(C)C(C)(C)C)[C@H](C)O[C@@H](O)[C@@H]2OC(C)=O)cc1. The Bertz CT molecular complexity index is 698. The van der Waals surface area contributed by atoms with Crippen LogP contribution < -0.4 is 4.74 Å². The molecule has 1 aromatic carbocycles. The molecule has 8 heteroatoms. The summed E-state index contributed by atoms with van der Waals surface area (Å²) >= 11 is 0. The van der Waals surface area contributed by atoms with E-state index in [-0.39, 0.29) is 11.6 Å². The number of aliphatic hydroxyl groups is 1. The van der Waals surface area contributed by atoms with E-state index in [4.69, 9.17) is 23.4 Å². The van der Waals surface area contributed by atoms with Crippen LogP contribution in [-0.4, -0.2) is 57.2 Å². The maximum atomic E-state index is 11.7. The highest BCUT2D eigenvalue weighted by molar-refractivity contribution is 6.74. The highest BCUT2D eigenvalue weighted by Gasteiger charge is 2.51. The molecule has 170 valence electrons. The maximum Gasteiger partial charge on any atom is 0.303 e. The highest BCUT2D eigenvalue weighted by atomic mass is 28.4. The van der Waals surface area contributed by atoms with Crippen molar-refractivity contribution in [3.05, 3.63) is 29.8 Å². The Labute approximate surface area is 180 Å². The van der Waals surface area contributed by atoms with E-state index in [0.29, 0.717) is 0 Å². The maximum absolute atomic E-state index is 11.7. The minimum absolute atomic E-state index is 0.0275. The number of benzene rings is 1. The molecule has 2 rings (SSSR count). The van der Waals surface area contributed by atoms with Gasteiger partial charge in [-0.2, -0.15) is 0 Å². The predicted molar refractivity (Wildman–Crippen MR) is 116 cm³/mol. The molecule has 0 saturated carbocycles. The van der Waals surface area contributed by atoms with Crippen molar-refractivity contribution in [3.63, 3.8) is 0 Å². The quantitative estimate of drug-likeness (QED) is 0.512. The van der Waals surface area contributed by atoms with Gasteiger partial charge in [0.1, 0.15) is 18.0 Å². The standard InChI is InChI=1S/C22H36O7Si/c1-14-18(29-30(7,8)22(3,4)5)19(20(21(24)27-14)28-15(2)23)26-13-16-9-11-17(25-6)12-10-16/h9-12,14,18-21,24H,13H2,1-8H3/t14-,18-,19+,20+,21+/m0/s1. The minimum atomic E-state index is -2.19. The summed E-state index contributed by atoms with van der Waals surface area (Å²) in [4.78, 5) is 11.7. The summed E-state index contributed by atoms with van der Waals surface area (Å²) in [6.45, 7) is 14.2. The Morgan fingerprint density at radius 2 is 1.73 bits per heavy atom. The molecular weight excluding hydrogens is 404 g/mol. The van der Waals surface area contributed by atoms with Gasteiger partial charge in [0.05, 0.1) is 19.8 Å². The van der Waals surface area contributed by atoms with Crippen LogP contribution in [0.4, 0.5) is 0 Å². The van der Waals surface area contributed by atoms with Crippen LogP contribution >= 0.6 is 0 Å². The van der Waals surface area contributed by atoms with Gasteiger partial charge in [-0.3, -0.25) is 4.79 Å². The van der Waals surface area contributed by atoms with Gasteiger partial charge >= 0.3 is 5.97 Å². The lowest BCUT2D eigenvalue weighted by Gasteiger charge is -2.48. The van der Waals surface area contributed by atoms with Gasteiger partial charge in [-0.05, 0) is 42.8 Å². The van der Waals surface area contributed by atoms with Crippen molar-refractivity contribution >= 4 is 14.3 Å². The van der Waals surface area contributed by atoms with Gasteiger partial charge in [-0.25, -0.2) is 0 Å². The molecule has 0 aliphatic carbocycles. The summed E-state index contributed by atoms with van der Waals surface area (Å²) in [5, 5.41) is 10.4. The number of carbonyl (C=O) groups excluding carboxylic acids is 1. The third kappa shape index (κ3) is 6.04. The fourth-order valence-electron chi connectivity index (χ4n) is 3.09. The van der Waals surface area contributed by atoms with Crippen LogP contribution in [0, 0.1) is 0 Å². The van der Waals surface area contributed by atoms with Crippen LogP contribution in [0.25, 0.3) is 0 Å². The van der Waals surface area contributed by atoms with Gasteiger partial charge in [0.2, 0.25) is 0 Å². The van der Waals surface area contributed by atoms with Gasteiger partial charge in [0.15, 0.2) is 20.7 Å². The van der Waals surface area contributed by atoms with Crippen LogP contribution in [0.15, 0.2) is 24.3 Å². The molecule has 1 saturated heterocycles. The second-order valence-corrected chi connectivity index (χ2v) is 14.0. The average Bonchev–Trinajstić information content (AvgIpc) is 2.64. The Morgan fingerprint density at radius 1 is 1.13 bits per heavy atom. The number of hydrogen-bond donors (Lipinski definition) is 1. The van der Waals surface area contributed by atoms with Crippen molar-refractivity contribution in [1.29, 1.82) is 0 Å². The second-order valence-electron chi connectivity index (χ2n) is 9.27. The van der Waals surface area contributed by atoms with Crippen LogP contribution in [0.5, 0.6) is 5.75 Å². The largest absolute Gasteiger partial charge is 0.497 e. The monoisotopic (exact) mass is 440 g/mol. The molecule has 1 aromatic rings. The number of methoxy groups -OCH3 is 1. The van der Waals surface area contributed by atoms with Crippen molar-refractivity contribution in [1.82, 2.24) is 0 Å². The van der Waals surface area contributed by atoms with E-state index in [1.807, 2.05) is 31.2 Å². The number of carbonyl (C=O) groups is 1. The predicted octanol–water partition coefficient (Wildman–Crippen LogP) is 3.64. The zero-order valence-corrected chi connectivity index (χ0v) is 20.3. The summed E-state index contributed by atoms with van der Waals surface area (Å²) in [7, 11) is -0.573. The van der Waals surface area contributed by atoms with E-state index < -0.39 is 45.0 Å². The van der Waals surface area contributed by atoms with Crippen LogP contribution in [0.3, 0.4) is 0 Å². The first kappa shape index (κ1) is 24.8. The molecule has 0 amide bonds. The molecule has 1 heterocycles. The third-order valence-corrected chi connectivity index (χ3v) is 10.4. The molecule has 1 fully saturated rings. The lowest BCUT2D eigenvalue weighted by atomic mass is 9.99. The number of aliphatic hydroxyl groups excluding tert-OH is 1. The van der Waals surface area contributed by atoms with Crippen molar-refractivity contribution in [3.8, 4) is 5.75 Å². The smallest absolute Gasteiger partial charge is 0.303 e. The van der Waals surface area contributed by atoms with E-state index in [9.17, 15) is 9.90 Å². The summed E-state index contributed by atoms with van der Waals surface area (Å²) in [6.07, 6.45) is -3.86. The number of esters is 1. The first-order valence-corrected chi connectivity index (χ1v) is 13.2. The van der Waals surface area contributed by atoms with Crippen molar-refractivity contribution < 1.29 is 33.3 Å². The van der Waals surface area contributed by atoms with Crippen LogP contribution in [0.2, 0.25) is 18.1 Å². The van der Waals surface area contributed by atoms with E-state index in [1.165, 1.54) is 6.92 Å². The van der Waals surface area contributed by atoms with Gasteiger partial charge in [-0.15, -0.1) is 0 Å². The molecule has 30 heavy (non-hydrogen) atoms. The van der Waals surface area contributed by atoms with E-state index in [0.717, 1.165) is 11.3 Å². The molecule has 1 N–H and O–H groups in total. The lowest BCUT2D eigenvalue weighted by molar-refractivity contribution is -0.289. The first-order chi connectivity index (χ1) is 13.9. The van der Waals surface area contributed by atoms with Crippen molar-refractivity contribution in [2.24, 2.45) is 0 Å². The zero-order chi connectivity index (χ0) is 22.7. The summed E-state index contributed by atoms with van der Waals surface area (Å²) in [6, 6.07) is 7.52. The Kier molecular flexibility index (Phi) is 8.09. The molecule has 0 spiro atoms. The summed E-state index contributed by atoms with van der Waals surface area (Å²) in [5.74, 6) is 0.243. The fraction of sp³-hybridized carbons (Fsp3) is 0.682. The molecule has 1 aliphatic heterocycles.